The van der Waals surface area contributed by atoms with E-state index in [1.165, 1.54) is 57.2 Å². The van der Waals surface area contributed by atoms with Crippen molar-refractivity contribution in [2.24, 2.45) is 5.41 Å². The highest BCUT2D eigenvalue weighted by molar-refractivity contribution is 5.36. The molecule has 1 saturated heterocycles. The number of piperidine rings is 1. The summed E-state index contributed by atoms with van der Waals surface area (Å²) in [5.74, 6) is 5.63. The summed E-state index contributed by atoms with van der Waals surface area (Å²) in [5.41, 5.74) is 3.06. The van der Waals surface area contributed by atoms with Gasteiger partial charge in [0.15, 0.2) is 0 Å². The Labute approximate surface area is 128 Å². The smallest absolute Gasteiger partial charge is 0.104 e. The Morgan fingerprint density at radius 3 is 2.29 bits per heavy atom. The third-order valence-electron chi connectivity index (χ3n) is 5.25. The molecule has 1 spiro atoms. The van der Waals surface area contributed by atoms with E-state index >= 15 is 0 Å². The Bertz CT molecular complexity index is 507. The lowest BCUT2D eigenvalue weighted by Gasteiger charge is -2.39. The van der Waals surface area contributed by atoms with Crippen LogP contribution in [0.4, 0.5) is 0 Å². The van der Waals surface area contributed by atoms with Gasteiger partial charge in [-0.05, 0) is 61.9 Å². The summed E-state index contributed by atoms with van der Waals surface area (Å²) in [7, 11) is 0. The van der Waals surface area contributed by atoms with Gasteiger partial charge >= 0.3 is 0 Å². The second kappa shape index (κ2) is 6.64. The first-order valence-electron chi connectivity index (χ1n) is 8.21. The highest BCUT2D eigenvalue weighted by Gasteiger charge is 2.36. The first-order chi connectivity index (χ1) is 10.3. The van der Waals surface area contributed by atoms with Gasteiger partial charge in [-0.1, -0.05) is 36.8 Å². The predicted molar refractivity (Wildman–Crippen MR) is 85.8 cm³/mol. The van der Waals surface area contributed by atoms with Crippen molar-refractivity contribution < 1.29 is 5.11 Å². The number of likely N-dealkylation sites (tertiary alicyclic amines) is 1. The molecule has 1 aromatic carbocycles. The zero-order chi connectivity index (χ0) is 14.5. The van der Waals surface area contributed by atoms with Crippen molar-refractivity contribution in [1.29, 1.82) is 0 Å². The molecule has 2 aliphatic rings. The van der Waals surface area contributed by atoms with Crippen molar-refractivity contribution in [3.8, 4) is 11.8 Å². The molecule has 0 bridgehead atoms. The molecule has 0 atom stereocenters. The molecular formula is C19H25NO. The minimum atomic E-state index is -0.0721. The molecule has 21 heavy (non-hydrogen) atoms. The average molecular weight is 283 g/mol. The minimum absolute atomic E-state index is 0.0721. The van der Waals surface area contributed by atoms with Crippen LogP contribution in [0, 0.1) is 17.3 Å². The van der Waals surface area contributed by atoms with Crippen LogP contribution in [-0.4, -0.2) is 29.7 Å². The molecule has 2 heteroatoms. The molecule has 112 valence electrons. The highest BCUT2D eigenvalue weighted by Crippen LogP contribution is 2.46. The topological polar surface area (TPSA) is 23.5 Å². The SMILES string of the molecule is OCC#Cc1ccc(CN2CCC3(CCCC3)CC2)cc1. The van der Waals surface area contributed by atoms with E-state index in [1.807, 2.05) is 0 Å². The van der Waals surface area contributed by atoms with Crippen LogP contribution >= 0.6 is 0 Å². The van der Waals surface area contributed by atoms with Gasteiger partial charge in [0.05, 0.1) is 0 Å². The Balaban J connectivity index is 1.53. The number of aliphatic hydroxyl groups excluding tert-OH is 1. The van der Waals surface area contributed by atoms with Crippen LogP contribution in [0.3, 0.4) is 0 Å². The van der Waals surface area contributed by atoms with E-state index < -0.39 is 0 Å². The molecule has 0 aromatic heterocycles. The molecule has 2 fully saturated rings. The zero-order valence-electron chi connectivity index (χ0n) is 12.8. The Kier molecular flexibility index (Phi) is 4.63. The summed E-state index contributed by atoms with van der Waals surface area (Å²) < 4.78 is 0. The number of hydrogen-bond donors (Lipinski definition) is 1. The lowest BCUT2D eigenvalue weighted by molar-refractivity contribution is 0.103. The van der Waals surface area contributed by atoms with Gasteiger partial charge in [-0.3, -0.25) is 4.90 Å². The normalized spacial score (nSPS) is 21.2. The molecule has 0 unspecified atom stereocenters. The molecule has 2 nitrogen and oxygen atoms in total. The van der Waals surface area contributed by atoms with Gasteiger partial charge in [-0.15, -0.1) is 0 Å². The van der Waals surface area contributed by atoms with E-state index in [-0.39, 0.29) is 6.61 Å². The molecule has 1 N–H and O–H groups in total. The Hall–Kier alpha value is -1.30. The fraction of sp³-hybridized carbons (Fsp3) is 0.579. The molecule has 0 radical (unpaired) electrons. The molecule has 1 heterocycles. The standard InChI is InChI=1S/C19H25NO/c21-15-3-4-17-5-7-18(8-6-17)16-20-13-11-19(12-14-20)9-1-2-10-19/h5-8,21H,1-2,9-16H2. The third-order valence-corrected chi connectivity index (χ3v) is 5.25. The van der Waals surface area contributed by atoms with E-state index in [9.17, 15) is 0 Å². The highest BCUT2D eigenvalue weighted by atomic mass is 16.2. The van der Waals surface area contributed by atoms with Crippen molar-refractivity contribution in [2.45, 2.75) is 45.1 Å². The van der Waals surface area contributed by atoms with Gasteiger partial charge in [0.2, 0.25) is 0 Å². The van der Waals surface area contributed by atoms with Crippen LogP contribution in [0.5, 0.6) is 0 Å². The monoisotopic (exact) mass is 283 g/mol. The van der Waals surface area contributed by atoms with E-state index in [2.05, 4.69) is 41.0 Å². The van der Waals surface area contributed by atoms with Gasteiger partial charge in [-0.25, -0.2) is 0 Å². The molecular weight excluding hydrogens is 258 g/mol. The summed E-state index contributed by atoms with van der Waals surface area (Å²) in [5, 5.41) is 8.71. The summed E-state index contributed by atoms with van der Waals surface area (Å²) in [6.07, 6.45) is 8.64. The Morgan fingerprint density at radius 2 is 1.67 bits per heavy atom. The van der Waals surface area contributed by atoms with Crippen molar-refractivity contribution in [3.05, 3.63) is 35.4 Å². The maximum absolute atomic E-state index is 8.71. The average Bonchev–Trinajstić information content (AvgIpc) is 2.98. The zero-order valence-corrected chi connectivity index (χ0v) is 12.8. The lowest BCUT2D eigenvalue weighted by Crippen LogP contribution is -2.38. The van der Waals surface area contributed by atoms with Gasteiger partial charge < -0.3 is 5.11 Å². The fourth-order valence-corrected chi connectivity index (χ4v) is 3.90. The number of hydrogen-bond acceptors (Lipinski definition) is 2. The van der Waals surface area contributed by atoms with Crippen LogP contribution < -0.4 is 0 Å². The second-order valence-electron chi connectivity index (χ2n) is 6.64. The van der Waals surface area contributed by atoms with E-state index in [0.717, 1.165) is 12.1 Å². The third kappa shape index (κ3) is 3.67. The number of rotatable bonds is 2. The van der Waals surface area contributed by atoms with Crippen LogP contribution in [0.15, 0.2) is 24.3 Å². The van der Waals surface area contributed by atoms with Crippen LogP contribution in [0.25, 0.3) is 0 Å². The summed E-state index contributed by atoms with van der Waals surface area (Å²) in [6, 6.07) is 8.45. The number of aliphatic hydroxyl groups is 1. The number of benzene rings is 1. The fourth-order valence-electron chi connectivity index (χ4n) is 3.90. The van der Waals surface area contributed by atoms with Crippen LogP contribution in [0.1, 0.15) is 49.7 Å². The van der Waals surface area contributed by atoms with Crippen molar-refractivity contribution in [2.75, 3.05) is 19.7 Å². The van der Waals surface area contributed by atoms with E-state index in [0.29, 0.717) is 5.41 Å². The molecule has 1 aliphatic carbocycles. The van der Waals surface area contributed by atoms with E-state index in [1.54, 1.807) is 0 Å². The lowest BCUT2D eigenvalue weighted by atomic mass is 9.77. The summed E-state index contributed by atoms with van der Waals surface area (Å²) in [6.45, 7) is 3.50. The first-order valence-corrected chi connectivity index (χ1v) is 8.21. The maximum atomic E-state index is 8.71. The molecule has 3 rings (SSSR count). The van der Waals surface area contributed by atoms with Gasteiger partial charge in [-0.2, -0.15) is 0 Å². The van der Waals surface area contributed by atoms with Crippen molar-refractivity contribution in [3.63, 3.8) is 0 Å². The van der Waals surface area contributed by atoms with Crippen LogP contribution in [0.2, 0.25) is 0 Å². The minimum Gasteiger partial charge on any atom is -0.384 e. The van der Waals surface area contributed by atoms with Crippen molar-refractivity contribution >= 4 is 0 Å². The second-order valence-corrected chi connectivity index (χ2v) is 6.64. The first kappa shape index (κ1) is 14.6. The molecule has 1 aromatic rings. The number of nitrogens with zero attached hydrogens (tertiary/aromatic N) is 1. The van der Waals surface area contributed by atoms with Crippen LogP contribution in [-0.2, 0) is 6.54 Å². The van der Waals surface area contributed by atoms with Gasteiger partial charge in [0, 0.05) is 12.1 Å². The van der Waals surface area contributed by atoms with Crippen molar-refractivity contribution in [1.82, 2.24) is 4.90 Å². The summed E-state index contributed by atoms with van der Waals surface area (Å²) in [4.78, 5) is 2.60. The molecule has 1 saturated carbocycles. The van der Waals surface area contributed by atoms with Gasteiger partial charge in [0.1, 0.15) is 6.61 Å². The Morgan fingerprint density at radius 1 is 1.00 bits per heavy atom. The molecule has 0 amide bonds. The molecule has 1 aliphatic heterocycles. The van der Waals surface area contributed by atoms with E-state index in [4.69, 9.17) is 5.11 Å². The predicted octanol–water partition coefficient (Wildman–Crippen LogP) is 3.19. The van der Waals surface area contributed by atoms with Gasteiger partial charge in [0.25, 0.3) is 0 Å². The quantitative estimate of drug-likeness (QED) is 0.843. The maximum Gasteiger partial charge on any atom is 0.104 e. The summed E-state index contributed by atoms with van der Waals surface area (Å²) >= 11 is 0. The largest absolute Gasteiger partial charge is 0.384 e.